The van der Waals surface area contributed by atoms with Crippen LogP contribution in [0.2, 0.25) is 0 Å². The van der Waals surface area contributed by atoms with E-state index >= 15 is 0 Å². The van der Waals surface area contributed by atoms with E-state index in [2.05, 4.69) is 80.4 Å². The van der Waals surface area contributed by atoms with Gasteiger partial charge >= 0.3 is 0 Å². The van der Waals surface area contributed by atoms with Crippen molar-refractivity contribution < 1.29 is 0 Å². The molecule has 1 rings (SSSR count). The first-order chi connectivity index (χ1) is 9.98. The van der Waals surface area contributed by atoms with Crippen LogP contribution in [0, 0.1) is 0 Å². The van der Waals surface area contributed by atoms with E-state index in [1.807, 2.05) is 0 Å². The van der Waals surface area contributed by atoms with Crippen molar-refractivity contribution in [1.29, 1.82) is 0 Å². The third kappa shape index (κ3) is 6.60. The van der Waals surface area contributed by atoms with Crippen LogP contribution in [0.5, 0.6) is 0 Å². The number of hydrogen-bond donors (Lipinski definition) is 1. The van der Waals surface area contributed by atoms with Gasteiger partial charge in [-0.25, -0.2) is 0 Å². The topological polar surface area (TPSA) is 18.5 Å². The van der Waals surface area contributed by atoms with Crippen LogP contribution in [0.3, 0.4) is 0 Å². The lowest BCUT2D eigenvalue weighted by molar-refractivity contribution is 0.238. The molecule has 0 aromatic heterocycles. The molecule has 1 N–H and O–H groups in total. The molecule has 0 fully saturated rings. The molecule has 3 heteroatoms. The molecule has 120 valence electrons. The molecule has 0 saturated heterocycles. The van der Waals surface area contributed by atoms with Gasteiger partial charge < -0.3 is 15.1 Å². The lowest BCUT2D eigenvalue weighted by atomic mass is 9.81. The highest BCUT2D eigenvalue weighted by molar-refractivity contribution is 5.25. The molecule has 0 saturated carbocycles. The maximum absolute atomic E-state index is 3.53. The van der Waals surface area contributed by atoms with E-state index < -0.39 is 0 Å². The second-order valence-electron chi connectivity index (χ2n) is 6.60. The van der Waals surface area contributed by atoms with Gasteiger partial charge in [0.05, 0.1) is 0 Å². The Balaban J connectivity index is 2.65. The molecule has 0 aliphatic carbocycles. The highest BCUT2D eigenvalue weighted by Gasteiger charge is 2.27. The Morgan fingerprint density at radius 1 is 1.05 bits per heavy atom. The van der Waals surface area contributed by atoms with Gasteiger partial charge in [-0.3, -0.25) is 0 Å². The molecular weight excluding hydrogens is 258 g/mol. The first kappa shape index (κ1) is 18.1. The Labute approximate surface area is 131 Å². The summed E-state index contributed by atoms with van der Waals surface area (Å²) < 4.78 is 0. The van der Waals surface area contributed by atoms with Crippen LogP contribution in [-0.4, -0.2) is 63.7 Å². The first-order valence-corrected chi connectivity index (χ1v) is 8.07. The van der Waals surface area contributed by atoms with Gasteiger partial charge in [0.1, 0.15) is 0 Å². The molecule has 0 aliphatic heterocycles. The Morgan fingerprint density at radius 3 is 2.29 bits per heavy atom. The average Bonchev–Trinajstić information content (AvgIpc) is 2.45. The van der Waals surface area contributed by atoms with E-state index in [0.29, 0.717) is 0 Å². The van der Waals surface area contributed by atoms with Gasteiger partial charge in [-0.05, 0) is 52.8 Å². The summed E-state index contributed by atoms with van der Waals surface area (Å²) in [5.74, 6) is 0. The maximum atomic E-state index is 3.53. The van der Waals surface area contributed by atoms with E-state index in [4.69, 9.17) is 0 Å². The number of rotatable bonds is 10. The second-order valence-corrected chi connectivity index (χ2v) is 6.60. The molecule has 1 aromatic rings. The zero-order valence-electron chi connectivity index (χ0n) is 14.5. The van der Waals surface area contributed by atoms with Crippen molar-refractivity contribution in [2.24, 2.45) is 0 Å². The van der Waals surface area contributed by atoms with Crippen LogP contribution in [0.4, 0.5) is 0 Å². The van der Waals surface area contributed by atoms with Gasteiger partial charge in [0, 0.05) is 18.5 Å². The van der Waals surface area contributed by atoms with Gasteiger partial charge in [0.15, 0.2) is 0 Å². The Kier molecular flexibility index (Phi) is 7.94. The van der Waals surface area contributed by atoms with Crippen molar-refractivity contribution in [2.45, 2.75) is 25.7 Å². The zero-order chi connectivity index (χ0) is 15.7. The second kappa shape index (κ2) is 9.19. The van der Waals surface area contributed by atoms with Crippen LogP contribution >= 0.6 is 0 Å². The molecule has 21 heavy (non-hydrogen) atoms. The van der Waals surface area contributed by atoms with Crippen molar-refractivity contribution in [3.8, 4) is 0 Å². The monoisotopic (exact) mass is 291 g/mol. The third-order valence-corrected chi connectivity index (χ3v) is 4.00. The van der Waals surface area contributed by atoms with E-state index in [0.717, 1.165) is 32.7 Å². The Bertz CT molecular complexity index is 377. The van der Waals surface area contributed by atoms with E-state index in [9.17, 15) is 0 Å². The minimum atomic E-state index is 0.157. The number of nitrogens with zero attached hydrogens (tertiary/aromatic N) is 2. The van der Waals surface area contributed by atoms with Gasteiger partial charge in [-0.1, -0.05) is 44.2 Å². The van der Waals surface area contributed by atoms with Crippen molar-refractivity contribution in [3.05, 3.63) is 35.9 Å². The molecule has 0 bridgehead atoms. The lowest BCUT2D eigenvalue weighted by Crippen LogP contribution is -2.44. The summed E-state index contributed by atoms with van der Waals surface area (Å²) in [4.78, 5) is 4.72. The zero-order valence-corrected chi connectivity index (χ0v) is 14.5. The van der Waals surface area contributed by atoms with Crippen molar-refractivity contribution in [3.63, 3.8) is 0 Å². The third-order valence-electron chi connectivity index (χ3n) is 4.00. The fourth-order valence-corrected chi connectivity index (χ4v) is 2.82. The molecule has 0 radical (unpaired) electrons. The van der Waals surface area contributed by atoms with Gasteiger partial charge in [0.2, 0.25) is 0 Å². The van der Waals surface area contributed by atoms with Gasteiger partial charge in [-0.15, -0.1) is 0 Å². The molecule has 0 spiro atoms. The number of nitrogens with one attached hydrogen (secondary N) is 1. The van der Waals surface area contributed by atoms with Crippen LogP contribution in [0.15, 0.2) is 30.3 Å². The van der Waals surface area contributed by atoms with Crippen molar-refractivity contribution in [1.82, 2.24) is 15.1 Å². The van der Waals surface area contributed by atoms with Crippen molar-refractivity contribution >= 4 is 0 Å². The van der Waals surface area contributed by atoms with Gasteiger partial charge in [-0.2, -0.15) is 0 Å². The minimum Gasteiger partial charge on any atom is -0.316 e. The predicted octanol–water partition coefficient (Wildman–Crippen LogP) is 2.44. The summed E-state index contributed by atoms with van der Waals surface area (Å²) in [5, 5.41) is 3.53. The molecule has 3 nitrogen and oxygen atoms in total. The Morgan fingerprint density at radius 2 is 1.71 bits per heavy atom. The SMILES string of the molecule is CCNCC(C)(CN(C)CCCN(C)C)c1ccccc1. The highest BCUT2D eigenvalue weighted by Crippen LogP contribution is 2.24. The van der Waals surface area contributed by atoms with Crippen LogP contribution in [0.25, 0.3) is 0 Å². The molecule has 0 amide bonds. The molecular formula is C18H33N3. The average molecular weight is 291 g/mol. The number of hydrogen-bond acceptors (Lipinski definition) is 3. The number of likely N-dealkylation sites (N-methyl/N-ethyl adjacent to an activating group) is 2. The predicted molar refractivity (Wildman–Crippen MR) is 93.0 cm³/mol. The first-order valence-electron chi connectivity index (χ1n) is 8.07. The standard InChI is InChI=1S/C18H33N3/c1-6-19-15-18(2,17-11-8-7-9-12-17)16-21(5)14-10-13-20(3)4/h7-9,11-12,19H,6,10,13-16H2,1-5H3. The molecule has 0 aliphatic rings. The molecule has 0 heterocycles. The maximum Gasteiger partial charge on any atom is 0.0176 e. The van der Waals surface area contributed by atoms with Crippen molar-refractivity contribution in [2.75, 3.05) is 53.9 Å². The van der Waals surface area contributed by atoms with E-state index in [1.54, 1.807) is 0 Å². The summed E-state index contributed by atoms with van der Waals surface area (Å²) in [5.41, 5.74) is 1.58. The molecule has 1 atom stereocenters. The lowest BCUT2D eigenvalue weighted by Gasteiger charge is -2.35. The summed E-state index contributed by atoms with van der Waals surface area (Å²) >= 11 is 0. The molecule has 1 aromatic carbocycles. The fourth-order valence-electron chi connectivity index (χ4n) is 2.82. The summed E-state index contributed by atoms with van der Waals surface area (Å²) in [7, 11) is 6.52. The largest absolute Gasteiger partial charge is 0.316 e. The normalized spacial score (nSPS) is 14.6. The van der Waals surface area contributed by atoms with E-state index in [-0.39, 0.29) is 5.41 Å². The number of benzene rings is 1. The summed E-state index contributed by atoms with van der Waals surface area (Å²) in [6, 6.07) is 10.9. The van der Waals surface area contributed by atoms with Gasteiger partial charge in [0.25, 0.3) is 0 Å². The highest BCUT2D eigenvalue weighted by atomic mass is 15.1. The summed E-state index contributed by atoms with van der Waals surface area (Å²) in [6.07, 6.45) is 1.22. The summed E-state index contributed by atoms with van der Waals surface area (Å²) in [6.45, 7) is 9.96. The van der Waals surface area contributed by atoms with E-state index in [1.165, 1.54) is 12.0 Å². The van der Waals surface area contributed by atoms with Crippen LogP contribution in [0.1, 0.15) is 25.8 Å². The van der Waals surface area contributed by atoms with Crippen LogP contribution < -0.4 is 5.32 Å². The van der Waals surface area contributed by atoms with Crippen LogP contribution in [-0.2, 0) is 5.41 Å². The Hall–Kier alpha value is -0.900. The smallest absolute Gasteiger partial charge is 0.0176 e. The minimum absolute atomic E-state index is 0.157. The molecule has 1 unspecified atom stereocenters. The fraction of sp³-hybridized carbons (Fsp3) is 0.667. The quantitative estimate of drug-likeness (QED) is 0.714.